The van der Waals surface area contributed by atoms with E-state index in [0.29, 0.717) is 0 Å². The second-order valence-corrected chi connectivity index (χ2v) is 5.39. The van der Waals surface area contributed by atoms with Gasteiger partial charge in [0.25, 0.3) is 5.69 Å². The monoisotopic (exact) mass is 304 g/mol. The molecule has 1 unspecified atom stereocenters. The van der Waals surface area contributed by atoms with Gasteiger partial charge in [-0.15, -0.1) is 0 Å². The van der Waals surface area contributed by atoms with E-state index in [2.05, 4.69) is 5.32 Å². The summed E-state index contributed by atoms with van der Waals surface area (Å²) >= 11 is 6.19. The van der Waals surface area contributed by atoms with E-state index >= 15 is 0 Å². The minimum atomic E-state index is -0.395. The summed E-state index contributed by atoms with van der Waals surface area (Å²) in [6.07, 6.45) is 0. The highest BCUT2D eigenvalue weighted by Gasteiger charge is 2.14. The Bertz CT molecular complexity index is 628. The molecule has 0 aliphatic carbocycles. The standard InChI is InChI=1S/C16H17ClN2O2/c1-11(13-7-9-14(10-8-13)19(20)21)18-12(2)15-5-3-4-6-16(15)17/h3-12,18H,1-2H3/t11?,12-/m0/s1. The lowest BCUT2D eigenvalue weighted by molar-refractivity contribution is -0.384. The largest absolute Gasteiger partial charge is 0.304 e. The van der Waals surface area contributed by atoms with Crippen LogP contribution in [0, 0.1) is 10.1 Å². The number of benzene rings is 2. The molecule has 0 spiro atoms. The van der Waals surface area contributed by atoms with Crippen LogP contribution < -0.4 is 5.32 Å². The van der Waals surface area contributed by atoms with Gasteiger partial charge in [0.05, 0.1) is 4.92 Å². The molecule has 0 saturated heterocycles. The lowest BCUT2D eigenvalue weighted by atomic mass is 10.0. The molecule has 2 aromatic carbocycles. The van der Waals surface area contributed by atoms with Gasteiger partial charge in [-0.05, 0) is 31.0 Å². The number of nitrogens with zero attached hydrogens (tertiary/aromatic N) is 1. The summed E-state index contributed by atoms with van der Waals surface area (Å²) in [7, 11) is 0. The summed E-state index contributed by atoms with van der Waals surface area (Å²) in [5, 5.41) is 14.8. The van der Waals surface area contributed by atoms with Crippen LogP contribution in [0.15, 0.2) is 48.5 Å². The van der Waals surface area contributed by atoms with Gasteiger partial charge in [0.15, 0.2) is 0 Å². The fourth-order valence-electron chi connectivity index (χ4n) is 2.27. The average Bonchev–Trinajstić information content (AvgIpc) is 2.47. The molecule has 5 heteroatoms. The van der Waals surface area contributed by atoms with E-state index in [4.69, 9.17) is 11.6 Å². The van der Waals surface area contributed by atoms with Gasteiger partial charge in [-0.1, -0.05) is 41.9 Å². The van der Waals surface area contributed by atoms with Crippen molar-refractivity contribution >= 4 is 17.3 Å². The van der Waals surface area contributed by atoms with Crippen molar-refractivity contribution in [2.24, 2.45) is 0 Å². The minimum absolute atomic E-state index is 0.0667. The summed E-state index contributed by atoms with van der Waals surface area (Å²) in [4.78, 5) is 10.3. The molecule has 0 aliphatic rings. The Morgan fingerprint density at radius 3 is 2.24 bits per heavy atom. The van der Waals surface area contributed by atoms with Crippen molar-refractivity contribution in [3.8, 4) is 0 Å². The maximum absolute atomic E-state index is 10.7. The van der Waals surface area contributed by atoms with Gasteiger partial charge >= 0.3 is 0 Å². The molecule has 2 atom stereocenters. The van der Waals surface area contributed by atoms with Gasteiger partial charge < -0.3 is 5.32 Å². The fraction of sp³-hybridized carbons (Fsp3) is 0.250. The molecule has 4 nitrogen and oxygen atoms in total. The molecular formula is C16H17ClN2O2. The third kappa shape index (κ3) is 3.80. The Kier molecular flexibility index (Phi) is 4.94. The van der Waals surface area contributed by atoms with Crippen LogP contribution in [-0.2, 0) is 0 Å². The van der Waals surface area contributed by atoms with Crippen LogP contribution in [0.3, 0.4) is 0 Å². The first-order valence-electron chi connectivity index (χ1n) is 6.74. The van der Waals surface area contributed by atoms with Crippen LogP contribution in [0.4, 0.5) is 5.69 Å². The van der Waals surface area contributed by atoms with Crippen LogP contribution in [0.1, 0.15) is 37.1 Å². The Hall–Kier alpha value is -1.91. The molecule has 0 heterocycles. The molecule has 2 rings (SSSR count). The molecule has 0 aliphatic heterocycles. The van der Waals surface area contributed by atoms with E-state index in [1.54, 1.807) is 12.1 Å². The Morgan fingerprint density at radius 2 is 1.67 bits per heavy atom. The van der Waals surface area contributed by atoms with Gasteiger partial charge in [-0.2, -0.15) is 0 Å². The zero-order valence-electron chi connectivity index (χ0n) is 11.9. The van der Waals surface area contributed by atoms with E-state index in [0.717, 1.165) is 16.1 Å². The Morgan fingerprint density at radius 1 is 1.05 bits per heavy atom. The number of halogens is 1. The van der Waals surface area contributed by atoms with E-state index in [-0.39, 0.29) is 17.8 Å². The molecule has 1 N–H and O–H groups in total. The van der Waals surface area contributed by atoms with Crippen LogP contribution in [0.25, 0.3) is 0 Å². The van der Waals surface area contributed by atoms with E-state index in [9.17, 15) is 10.1 Å². The van der Waals surface area contributed by atoms with E-state index < -0.39 is 4.92 Å². The van der Waals surface area contributed by atoms with Crippen molar-refractivity contribution in [1.29, 1.82) is 0 Å². The van der Waals surface area contributed by atoms with Crippen molar-refractivity contribution in [2.45, 2.75) is 25.9 Å². The molecule has 0 amide bonds. The zero-order chi connectivity index (χ0) is 15.4. The Labute approximate surface area is 128 Å². The molecule has 0 bridgehead atoms. The zero-order valence-corrected chi connectivity index (χ0v) is 12.7. The van der Waals surface area contributed by atoms with Gasteiger partial charge in [-0.25, -0.2) is 0 Å². The van der Waals surface area contributed by atoms with Crippen LogP contribution in [0.2, 0.25) is 5.02 Å². The van der Waals surface area contributed by atoms with Gasteiger partial charge in [0, 0.05) is 29.2 Å². The summed E-state index contributed by atoms with van der Waals surface area (Å²) in [6, 6.07) is 14.5. The predicted molar refractivity (Wildman–Crippen MR) is 84.5 cm³/mol. The summed E-state index contributed by atoms with van der Waals surface area (Å²) in [6.45, 7) is 4.07. The highest BCUT2D eigenvalue weighted by Crippen LogP contribution is 2.25. The smallest absolute Gasteiger partial charge is 0.269 e. The number of non-ortho nitro benzene ring substituents is 1. The number of hydrogen-bond donors (Lipinski definition) is 1. The van der Waals surface area contributed by atoms with Gasteiger partial charge in [0.2, 0.25) is 0 Å². The lowest BCUT2D eigenvalue weighted by Crippen LogP contribution is -2.22. The predicted octanol–water partition coefficient (Wildman–Crippen LogP) is 4.66. The normalized spacial score (nSPS) is 13.7. The molecule has 110 valence electrons. The first-order chi connectivity index (χ1) is 9.99. The van der Waals surface area contributed by atoms with Crippen LogP contribution >= 0.6 is 11.6 Å². The van der Waals surface area contributed by atoms with E-state index in [1.807, 2.05) is 38.1 Å². The van der Waals surface area contributed by atoms with Crippen molar-refractivity contribution in [3.63, 3.8) is 0 Å². The summed E-state index contributed by atoms with van der Waals surface area (Å²) in [5.74, 6) is 0. The first-order valence-corrected chi connectivity index (χ1v) is 7.11. The SMILES string of the molecule is CC(N[C@@H](C)c1ccccc1Cl)c1ccc([N+](=O)[O-])cc1. The molecule has 21 heavy (non-hydrogen) atoms. The minimum Gasteiger partial charge on any atom is -0.304 e. The number of nitrogens with one attached hydrogen (secondary N) is 1. The molecule has 0 aromatic heterocycles. The quantitative estimate of drug-likeness (QED) is 0.645. The third-order valence-electron chi connectivity index (χ3n) is 3.48. The number of rotatable bonds is 5. The number of nitro benzene ring substituents is 1. The fourth-order valence-corrected chi connectivity index (χ4v) is 2.57. The highest BCUT2D eigenvalue weighted by atomic mass is 35.5. The second-order valence-electron chi connectivity index (χ2n) is 4.98. The molecule has 0 saturated carbocycles. The van der Waals surface area contributed by atoms with Crippen LogP contribution in [-0.4, -0.2) is 4.92 Å². The van der Waals surface area contributed by atoms with E-state index in [1.165, 1.54) is 12.1 Å². The average molecular weight is 305 g/mol. The van der Waals surface area contributed by atoms with Crippen LogP contribution in [0.5, 0.6) is 0 Å². The van der Waals surface area contributed by atoms with Crippen molar-refractivity contribution in [2.75, 3.05) is 0 Å². The Balaban J connectivity index is 2.09. The molecule has 2 aromatic rings. The summed E-state index contributed by atoms with van der Waals surface area (Å²) in [5.41, 5.74) is 2.14. The topological polar surface area (TPSA) is 55.2 Å². The maximum atomic E-state index is 10.7. The summed E-state index contributed by atoms with van der Waals surface area (Å²) < 4.78 is 0. The van der Waals surface area contributed by atoms with Crippen molar-refractivity contribution in [1.82, 2.24) is 5.32 Å². The second kappa shape index (κ2) is 6.70. The third-order valence-corrected chi connectivity index (χ3v) is 3.82. The first kappa shape index (κ1) is 15.5. The van der Waals surface area contributed by atoms with Gasteiger partial charge in [-0.3, -0.25) is 10.1 Å². The molecular weight excluding hydrogens is 288 g/mol. The van der Waals surface area contributed by atoms with Crippen molar-refractivity contribution < 1.29 is 4.92 Å². The lowest BCUT2D eigenvalue weighted by Gasteiger charge is -2.21. The van der Waals surface area contributed by atoms with Gasteiger partial charge in [0.1, 0.15) is 0 Å². The number of nitro groups is 1. The molecule has 0 radical (unpaired) electrons. The van der Waals surface area contributed by atoms with Crippen molar-refractivity contribution in [3.05, 3.63) is 74.8 Å². The maximum Gasteiger partial charge on any atom is 0.269 e. The highest BCUT2D eigenvalue weighted by molar-refractivity contribution is 6.31. The number of hydrogen-bond acceptors (Lipinski definition) is 3. The molecule has 0 fully saturated rings.